The molecule has 1 amide bonds. The van der Waals surface area contributed by atoms with Gasteiger partial charge in [-0.3, -0.25) is 4.79 Å². The minimum atomic E-state index is -5.08. The number of nitrogens with zero attached hydrogens (tertiary/aromatic N) is 5. The number of aromatic nitrogens is 4. The Labute approximate surface area is 196 Å². The van der Waals surface area contributed by atoms with Gasteiger partial charge in [0.15, 0.2) is 17.3 Å². The van der Waals surface area contributed by atoms with Crippen LogP contribution in [-0.2, 0) is 24.3 Å². The highest BCUT2D eigenvalue weighted by Gasteiger charge is 2.38. The van der Waals surface area contributed by atoms with Crippen LogP contribution in [0.4, 0.5) is 17.6 Å². The molecule has 1 aliphatic rings. The van der Waals surface area contributed by atoms with Gasteiger partial charge in [0.2, 0.25) is 0 Å². The Kier molecular flexibility index (Phi) is 7.84. The molecule has 0 aliphatic carbocycles. The lowest BCUT2D eigenvalue weighted by atomic mass is 10.1. The van der Waals surface area contributed by atoms with Crippen LogP contribution >= 0.6 is 0 Å². The Morgan fingerprint density at radius 1 is 1.26 bits per heavy atom. The molecule has 10 nitrogen and oxygen atoms in total. The number of nitrogens with one attached hydrogen (secondary N) is 1. The first-order valence-electron chi connectivity index (χ1n) is 10.3. The highest BCUT2D eigenvalue weighted by molar-refractivity contribution is 5.92. The summed E-state index contributed by atoms with van der Waals surface area (Å²) in [4.78, 5) is 23.4. The first-order chi connectivity index (χ1) is 16.5. The van der Waals surface area contributed by atoms with E-state index in [-0.39, 0.29) is 23.5 Å². The predicted molar refractivity (Wildman–Crippen MR) is 113 cm³/mol. The number of aliphatic carboxylic acids is 1. The van der Waals surface area contributed by atoms with Crippen LogP contribution in [0, 0.1) is 5.82 Å². The molecule has 0 saturated heterocycles. The van der Waals surface area contributed by atoms with E-state index in [1.807, 2.05) is 23.6 Å². The molecule has 14 heteroatoms. The summed E-state index contributed by atoms with van der Waals surface area (Å²) in [6, 6.07) is 7.99. The Bertz CT molecular complexity index is 1190. The molecule has 4 rings (SSSR count). The van der Waals surface area contributed by atoms with Crippen LogP contribution in [0.1, 0.15) is 28.5 Å². The fourth-order valence-corrected chi connectivity index (χ4v) is 3.35. The van der Waals surface area contributed by atoms with Crippen molar-refractivity contribution in [3.05, 3.63) is 53.4 Å². The number of hydrogen-bond donors (Lipinski definition) is 2. The van der Waals surface area contributed by atoms with Crippen molar-refractivity contribution in [1.82, 2.24) is 30.1 Å². The van der Waals surface area contributed by atoms with E-state index in [4.69, 9.17) is 14.4 Å². The molecular formula is C21H22F4N6O4. The molecule has 188 valence electrons. The summed E-state index contributed by atoms with van der Waals surface area (Å²) in [7, 11) is 3.82. The molecule has 1 atom stereocenters. The van der Waals surface area contributed by atoms with Gasteiger partial charge in [-0.2, -0.15) is 13.2 Å². The van der Waals surface area contributed by atoms with Crippen molar-refractivity contribution >= 4 is 11.9 Å². The van der Waals surface area contributed by atoms with Crippen LogP contribution in [0.15, 0.2) is 34.9 Å². The van der Waals surface area contributed by atoms with E-state index in [2.05, 4.69) is 20.7 Å². The summed E-state index contributed by atoms with van der Waals surface area (Å²) < 4.78 is 53.0. The third-order valence-corrected chi connectivity index (χ3v) is 4.90. The molecule has 2 aromatic heterocycles. The molecule has 3 heterocycles. The SMILES string of the molecule is CN(C)Cc1cc(C(=O)NC2CCc3nnc(-c4ccccc4F)n3C2)no1.O=C(O)C(F)(F)F. The Morgan fingerprint density at radius 2 is 1.94 bits per heavy atom. The summed E-state index contributed by atoms with van der Waals surface area (Å²) in [5, 5.41) is 22.3. The highest BCUT2D eigenvalue weighted by Crippen LogP contribution is 2.25. The molecule has 1 aliphatic heterocycles. The molecule has 0 fully saturated rings. The number of carboxylic acid groups (broad SMARTS) is 1. The van der Waals surface area contributed by atoms with Gasteiger partial charge < -0.3 is 24.4 Å². The lowest BCUT2D eigenvalue weighted by molar-refractivity contribution is -0.192. The van der Waals surface area contributed by atoms with Crippen LogP contribution in [0.5, 0.6) is 0 Å². The van der Waals surface area contributed by atoms with Crippen LogP contribution in [0.3, 0.4) is 0 Å². The lowest BCUT2D eigenvalue weighted by Gasteiger charge is -2.25. The van der Waals surface area contributed by atoms with Gasteiger partial charge in [-0.1, -0.05) is 17.3 Å². The number of hydrogen-bond acceptors (Lipinski definition) is 7. The molecule has 1 aromatic carbocycles. The normalized spacial score (nSPS) is 15.2. The highest BCUT2D eigenvalue weighted by atomic mass is 19.4. The molecule has 0 saturated carbocycles. The standard InChI is InChI=1S/C19H21FN6O2.C2HF3O2/c1-25(2)11-13-9-16(24-28-13)19(27)21-12-7-8-17-22-23-18(26(17)10-12)14-5-3-4-6-15(14)20;3-2(4,5)1(6)7/h3-6,9,12H,7-8,10-11H2,1-2H3,(H,21,27);(H,6,7). The van der Waals surface area contributed by atoms with E-state index in [1.165, 1.54) is 6.07 Å². The Hall–Kier alpha value is -3.81. The molecule has 3 aromatic rings. The zero-order valence-electron chi connectivity index (χ0n) is 18.7. The number of halogens is 4. The van der Waals surface area contributed by atoms with Gasteiger partial charge in [0.05, 0.1) is 12.1 Å². The fourth-order valence-electron chi connectivity index (χ4n) is 3.35. The monoisotopic (exact) mass is 498 g/mol. The van der Waals surface area contributed by atoms with Crippen LogP contribution in [0.25, 0.3) is 11.4 Å². The van der Waals surface area contributed by atoms with Crippen molar-refractivity contribution in [3.8, 4) is 11.4 Å². The second-order valence-electron chi connectivity index (χ2n) is 7.96. The van der Waals surface area contributed by atoms with Gasteiger partial charge >= 0.3 is 12.1 Å². The summed E-state index contributed by atoms with van der Waals surface area (Å²) >= 11 is 0. The van der Waals surface area contributed by atoms with Crippen molar-refractivity contribution in [2.75, 3.05) is 14.1 Å². The van der Waals surface area contributed by atoms with Crippen LogP contribution < -0.4 is 5.32 Å². The van der Waals surface area contributed by atoms with E-state index >= 15 is 0 Å². The first-order valence-corrected chi connectivity index (χ1v) is 10.3. The van der Waals surface area contributed by atoms with Gasteiger partial charge in [0, 0.05) is 25.1 Å². The second kappa shape index (κ2) is 10.6. The summed E-state index contributed by atoms with van der Waals surface area (Å²) in [5.74, 6) is -1.50. The minimum Gasteiger partial charge on any atom is -0.475 e. The molecular weight excluding hydrogens is 476 g/mol. The minimum absolute atomic E-state index is 0.129. The van der Waals surface area contributed by atoms with Gasteiger partial charge in [0.25, 0.3) is 5.91 Å². The third-order valence-electron chi connectivity index (χ3n) is 4.90. The molecule has 0 radical (unpaired) electrons. The van der Waals surface area contributed by atoms with Gasteiger partial charge in [-0.15, -0.1) is 10.2 Å². The molecule has 0 bridgehead atoms. The van der Waals surface area contributed by atoms with Gasteiger partial charge in [-0.25, -0.2) is 9.18 Å². The quantitative estimate of drug-likeness (QED) is 0.514. The maximum absolute atomic E-state index is 14.2. The van der Waals surface area contributed by atoms with Crippen molar-refractivity contribution in [1.29, 1.82) is 0 Å². The van der Waals surface area contributed by atoms with Crippen LogP contribution in [-0.4, -0.2) is 68.1 Å². The number of fused-ring (bicyclic) bond motifs is 1. The number of rotatable bonds is 5. The molecule has 1 unspecified atom stereocenters. The number of carbonyl (C=O) groups excluding carboxylic acids is 1. The van der Waals surface area contributed by atoms with E-state index in [9.17, 15) is 22.4 Å². The topological polar surface area (TPSA) is 126 Å². The van der Waals surface area contributed by atoms with Crippen LogP contribution in [0.2, 0.25) is 0 Å². The average Bonchev–Trinajstić information content (AvgIpc) is 3.40. The molecule has 35 heavy (non-hydrogen) atoms. The fraction of sp³-hybridized carbons (Fsp3) is 0.381. The summed E-state index contributed by atoms with van der Waals surface area (Å²) in [6.45, 7) is 1.04. The van der Waals surface area contributed by atoms with Crippen molar-refractivity contribution in [2.45, 2.75) is 38.1 Å². The second-order valence-corrected chi connectivity index (χ2v) is 7.96. The Balaban J connectivity index is 0.000000429. The number of aryl methyl sites for hydroxylation is 1. The number of amides is 1. The van der Waals surface area contributed by atoms with E-state index in [1.54, 1.807) is 24.3 Å². The third kappa shape index (κ3) is 6.62. The molecule has 0 spiro atoms. The summed E-state index contributed by atoms with van der Waals surface area (Å²) in [5.41, 5.74) is 0.652. The largest absolute Gasteiger partial charge is 0.490 e. The van der Waals surface area contributed by atoms with Gasteiger partial charge in [-0.05, 0) is 32.6 Å². The number of carbonyl (C=O) groups is 2. The Morgan fingerprint density at radius 3 is 2.57 bits per heavy atom. The zero-order chi connectivity index (χ0) is 25.8. The maximum atomic E-state index is 14.2. The summed E-state index contributed by atoms with van der Waals surface area (Å²) in [6.07, 6.45) is -3.71. The predicted octanol–water partition coefficient (Wildman–Crippen LogP) is 2.51. The first kappa shape index (κ1) is 25.8. The zero-order valence-corrected chi connectivity index (χ0v) is 18.7. The van der Waals surface area contributed by atoms with Gasteiger partial charge in [0.1, 0.15) is 11.6 Å². The van der Waals surface area contributed by atoms with Crippen molar-refractivity contribution in [2.24, 2.45) is 0 Å². The number of alkyl halides is 3. The molecule has 2 N–H and O–H groups in total. The maximum Gasteiger partial charge on any atom is 0.490 e. The lowest BCUT2D eigenvalue weighted by Crippen LogP contribution is -2.41. The van der Waals surface area contributed by atoms with E-state index in [0.717, 1.165) is 12.2 Å². The number of carboxylic acids is 1. The van der Waals surface area contributed by atoms with E-state index in [0.29, 0.717) is 36.7 Å². The average molecular weight is 498 g/mol. The smallest absolute Gasteiger partial charge is 0.475 e. The van der Waals surface area contributed by atoms with Crippen molar-refractivity contribution < 1.29 is 36.8 Å². The number of benzene rings is 1. The van der Waals surface area contributed by atoms with Crippen molar-refractivity contribution in [3.63, 3.8) is 0 Å². The van der Waals surface area contributed by atoms with E-state index < -0.39 is 12.1 Å².